The summed E-state index contributed by atoms with van der Waals surface area (Å²) in [6, 6.07) is 5.18. The van der Waals surface area contributed by atoms with Crippen molar-refractivity contribution in [3.63, 3.8) is 0 Å². The summed E-state index contributed by atoms with van der Waals surface area (Å²) in [6.07, 6.45) is -3.54. The number of rotatable bonds is 2. The molecule has 0 spiro atoms. The summed E-state index contributed by atoms with van der Waals surface area (Å²) < 4.78 is 39.2. The molecule has 1 unspecified atom stereocenters. The van der Waals surface area contributed by atoms with E-state index in [0.717, 1.165) is 0 Å². The second-order valence-corrected chi connectivity index (χ2v) is 5.73. The van der Waals surface area contributed by atoms with Crippen molar-refractivity contribution in [3.05, 3.63) is 28.2 Å². The quantitative estimate of drug-likeness (QED) is 0.634. The molecule has 1 fully saturated rings. The van der Waals surface area contributed by atoms with E-state index < -0.39 is 12.1 Å². The van der Waals surface area contributed by atoms with Crippen LogP contribution in [0.5, 0.6) is 0 Å². The van der Waals surface area contributed by atoms with Gasteiger partial charge < -0.3 is 10.6 Å². The van der Waals surface area contributed by atoms with E-state index >= 15 is 0 Å². The fourth-order valence-electron chi connectivity index (χ4n) is 2.51. The lowest BCUT2D eigenvalue weighted by molar-refractivity contribution is -0.175. The van der Waals surface area contributed by atoms with Gasteiger partial charge in [0.2, 0.25) is 0 Å². The van der Waals surface area contributed by atoms with Crippen LogP contribution in [0.15, 0.2) is 22.7 Å². The molecule has 1 aromatic carbocycles. The van der Waals surface area contributed by atoms with Crippen LogP contribution in [0.4, 0.5) is 18.9 Å². The highest BCUT2D eigenvalue weighted by Gasteiger charge is 2.42. The molecule has 0 saturated carbocycles. The van der Waals surface area contributed by atoms with E-state index in [1.165, 1.54) is 0 Å². The molecule has 3 nitrogen and oxygen atoms in total. The van der Waals surface area contributed by atoms with Gasteiger partial charge in [-0.3, -0.25) is 5.41 Å². The average molecular weight is 350 g/mol. The van der Waals surface area contributed by atoms with E-state index in [1.54, 1.807) is 23.1 Å². The zero-order chi connectivity index (χ0) is 14.9. The topological polar surface area (TPSA) is 53.1 Å². The molecule has 1 aliphatic rings. The number of nitrogen functional groups attached to an aromatic ring is 1. The molecule has 0 radical (unpaired) electrons. The predicted octanol–water partition coefficient (Wildman–Crippen LogP) is 3.51. The van der Waals surface area contributed by atoms with Gasteiger partial charge >= 0.3 is 6.18 Å². The average Bonchev–Trinajstić information content (AvgIpc) is 2.37. The minimum atomic E-state index is -4.18. The van der Waals surface area contributed by atoms with Crippen LogP contribution >= 0.6 is 15.9 Å². The van der Waals surface area contributed by atoms with Crippen LogP contribution in [-0.2, 0) is 0 Å². The first-order chi connectivity index (χ1) is 9.30. The second-order valence-electron chi connectivity index (χ2n) is 4.87. The van der Waals surface area contributed by atoms with Gasteiger partial charge in [-0.2, -0.15) is 13.2 Å². The van der Waals surface area contributed by atoms with Crippen LogP contribution in [0.2, 0.25) is 0 Å². The molecule has 1 heterocycles. The molecule has 0 bridgehead atoms. The molecule has 0 aliphatic carbocycles. The summed E-state index contributed by atoms with van der Waals surface area (Å²) >= 11 is 3.30. The first-order valence-corrected chi connectivity index (χ1v) is 7.04. The van der Waals surface area contributed by atoms with E-state index in [-0.39, 0.29) is 18.8 Å². The molecule has 2 rings (SSSR count). The van der Waals surface area contributed by atoms with Crippen LogP contribution in [0.1, 0.15) is 18.4 Å². The molecular formula is C13H15BrF3N3. The Hall–Kier alpha value is -1.24. The third kappa shape index (κ3) is 3.08. The van der Waals surface area contributed by atoms with Crippen molar-refractivity contribution in [3.8, 4) is 0 Å². The normalized spacial score (nSPS) is 20.0. The Bertz CT molecular complexity index is 516. The smallest absolute Gasteiger partial charge is 0.384 e. The molecule has 0 amide bonds. The molecule has 1 aromatic rings. The van der Waals surface area contributed by atoms with E-state index in [2.05, 4.69) is 15.9 Å². The Labute approximate surface area is 123 Å². The summed E-state index contributed by atoms with van der Waals surface area (Å²) in [6.45, 7) is 0.462. The Morgan fingerprint density at radius 2 is 2.10 bits per heavy atom. The van der Waals surface area contributed by atoms with Crippen molar-refractivity contribution < 1.29 is 13.2 Å². The molecule has 0 aromatic heterocycles. The number of hydrogen-bond donors (Lipinski definition) is 2. The maximum atomic E-state index is 12.9. The summed E-state index contributed by atoms with van der Waals surface area (Å²) in [4.78, 5) is 1.67. The summed E-state index contributed by atoms with van der Waals surface area (Å²) in [7, 11) is 0. The Morgan fingerprint density at radius 1 is 1.40 bits per heavy atom. The number of nitrogens with zero attached hydrogens (tertiary/aromatic N) is 1. The Balaban J connectivity index is 2.32. The summed E-state index contributed by atoms with van der Waals surface area (Å²) in [5.74, 6) is -1.48. The molecule has 1 saturated heterocycles. The van der Waals surface area contributed by atoms with Gasteiger partial charge in [-0.05, 0) is 40.9 Å². The van der Waals surface area contributed by atoms with Crippen LogP contribution in [0.25, 0.3) is 0 Å². The van der Waals surface area contributed by atoms with Gasteiger partial charge in [0.05, 0.1) is 11.5 Å². The molecule has 7 heteroatoms. The maximum absolute atomic E-state index is 12.9. The lowest BCUT2D eigenvalue weighted by Crippen LogP contribution is -2.42. The number of nitrogens with one attached hydrogen (secondary N) is 1. The number of piperidine rings is 1. The lowest BCUT2D eigenvalue weighted by Gasteiger charge is -2.36. The minimum absolute atomic E-state index is 0.0831. The monoisotopic (exact) mass is 349 g/mol. The van der Waals surface area contributed by atoms with Gasteiger partial charge in [-0.15, -0.1) is 0 Å². The van der Waals surface area contributed by atoms with Gasteiger partial charge in [-0.25, -0.2) is 0 Å². The third-order valence-corrected chi connectivity index (χ3v) is 4.15. The molecule has 20 heavy (non-hydrogen) atoms. The Kier molecular flexibility index (Phi) is 4.27. The summed E-state index contributed by atoms with van der Waals surface area (Å²) in [5, 5.41) is 7.61. The van der Waals surface area contributed by atoms with E-state index in [0.29, 0.717) is 28.7 Å². The number of nitrogens with two attached hydrogens (primary N) is 1. The molecule has 3 N–H and O–H groups in total. The van der Waals surface area contributed by atoms with Crippen molar-refractivity contribution >= 4 is 27.5 Å². The highest BCUT2D eigenvalue weighted by molar-refractivity contribution is 9.10. The predicted molar refractivity (Wildman–Crippen MR) is 76.2 cm³/mol. The molecule has 1 atom stereocenters. The Morgan fingerprint density at radius 3 is 2.70 bits per heavy atom. The standard InChI is InChI=1S/C13H15BrF3N3/c14-9-4-1-5-10(11(9)12(18)19)20-6-2-3-8(7-20)13(15,16)17/h1,4-5,8H,2-3,6-7H2,(H3,18,19). The number of anilines is 1. The van der Waals surface area contributed by atoms with Crippen molar-refractivity contribution in [2.75, 3.05) is 18.0 Å². The molecule has 1 aliphatic heterocycles. The summed E-state index contributed by atoms with van der Waals surface area (Å²) in [5.41, 5.74) is 6.59. The van der Waals surface area contributed by atoms with E-state index in [4.69, 9.17) is 11.1 Å². The van der Waals surface area contributed by atoms with Crippen molar-refractivity contribution in [1.29, 1.82) is 5.41 Å². The number of amidine groups is 1. The highest BCUT2D eigenvalue weighted by Crippen LogP contribution is 2.36. The first-order valence-electron chi connectivity index (χ1n) is 6.25. The van der Waals surface area contributed by atoms with Crippen LogP contribution in [-0.4, -0.2) is 25.1 Å². The van der Waals surface area contributed by atoms with Gasteiger partial charge in [0, 0.05) is 23.2 Å². The number of alkyl halides is 3. The maximum Gasteiger partial charge on any atom is 0.393 e. The fourth-order valence-corrected chi connectivity index (χ4v) is 3.08. The van der Waals surface area contributed by atoms with Gasteiger partial charge in [0.1, 0.15) is 5.84 Å². The van der Waals surface area contributed by atoms with Crippen LogP contribution in [0, 0.1) is 11.3 Å². The van der Waals surface area contributed by atoms with Crippen molar-refractivity contribution in [1.82, 2.24) is 0 Å². The van der Waals surface area contributed by atoms with E-state index in [1.807, 2.05) is 0 Å². The van der Waals surface area contributed by atoms with Crippen LogP contribution in [0.3, 0.4) is 0 Å². The van der Waals surface area contributed by atoms with Crippen molar-refractivity contribution in [2.24, 2.45) is 11.7 Å². The SMILES string of the molecule is N=C(N)c1c(Br)cccc1N1CCCC(C(F)(F)F)C1. The fraction of sp³-hybridized carbons (Fsp3) is 0.462. The second kappa shape index (κ2) is 5.63. The third-order valence-electron chi connectivity index (χ3n) is 3.49. The van der Waals surface area contributed by atoms with Gasteiger partial charge in [-0.1, -0.05) is 6.07 Å². The number of hydrogen-bond acceptors (Lipinski definition) is 2. The lowest BCUT2D eigenvalue weighted by atomic mass is 9.96. The largest absolute Gasteiger partial charge is 0.393 e. The van der Waals surface area contributed by atoms with Gasteiger partial charge in [0.15, 0.2) is 0 Å². The van der Waals surface area contributed by atoms with Gasteiger partial charge in [0.25, 0.3) is 0 Å². The highest BCUT2D eigenvalue weighted by atomic mass is 79.9. The number of benzene rings is 1. The number of halogens is 4. The zero-order valence-corrected chi connectivity index (χ0v) is 12.3. The molecular weight excluding hydrogens is 335 g/mol. The zero-order valence-electron chi connectivity index (χ0n) is 10.7. The van der Waals surface area contributed by atoms with E-state index in [9.17, 15) is 13.2 Å². The van der Waals surface area contributed by atoms with Crippen LogP contribution < -0.4 is 10.6 Å². The molecule has 110 valence electrons. The minimum Gasteiger partial charge on any atom is -0.384 e. The van der Waals surface area contributed by atoms with Crippen molar-refractivity contribution in [2.45, 2.75) is 19.0 Å². The first kappa shape index (κ1) is 15.2.